The predicted octanol–water partition coefficient (Wildman–Crippen LogP) is 0.380. The zero-order chi connectivity index (χ0) is 21.6. The average Bonchev–Trinajstić information content (AvgIpc) is 3.45. The quantitative estimate of drug-likeness (QED) is 0.611. The van der Waals surface area contributed by atoms with Crippen molar-refractivity contribution in [3.05, 3.63) is 29.3 Å². The first-order valence-electron chi connectivity index (χ1n) is 11.6. The molecule has 8 heteroatoms. The molecule has 3 aliphatic rings. The largest absolute Gasteiger partial charge is 0.379 e. The van der Waals surface area contributed by atoms with E-state index in [2.05, 4.69) is 50.6 Å². The fourth-order valence-corrected chi connectivity index (χ4v) is 4.81. The number of benzene rings is 1. The van der Waals surface area contributed by atoms with Gasteiger partial charge in [0.15, 0.2) is 0 Å². The number of carbonyl (C=O) groups excluding carboxylic acids is 2. The zero-order valence-corrected chi connectivity index (χ0v) is 18.6. The number of nitrogens with zero attached hydrogens (tertiary/aromatic N) is 3. The van der Waals surface area contributed by atoms with Gasteiger partial charge in [0.2, 0.25) is 0 Å². The summed E-state index contributed by atoms with van der Waals surface area (Å²) >= 11 is 0. The number of likely N-dealkylation sites (tertiary alicyclic amines) is 1. The summed E-state index contributed by atoms with van der Waals surface area (Å²) in [5.41, 5.74) is 3.90. The number of fused-ring (bicyclic) bond motifs is 1. The summed E-state index contributed by atoms with van der Waals surface area (Å²) in [6, 6.07) is 6.76. The summed E-state index contributed by atoms with van der Waals surface area (Å²) in [7, 11) is 2.13. The molecule has 4 rings (SSSR count). The Morgan fingerprint density at radius 1 is 1.03 bits per heavy atom. The maximum atomic E-state index is 12.4. The van der Waals surface area contributed by atoms with E-state index in [1.165, 1.54) is 29.7 Å². The van der Waals surface area contributed by atoms with Gasteiger partial charge in [-0.2, -0.15) is 0 Å². The molecule has 170 valence electrons. The van der Waals surface area contributed by atoms with E-state index >= 15 is 0 Å². The first-order valence-corrected chi connectivity index (χ1v) is 11.6. The van der Waals surface area contributed by atoms with Crippen LogP contribution in [0.25, 0.3) is 0 Å². The summed E-state index contributed by atoms with van der Waals surface area (Å²) in [6.45, 7) is 7.97. The second-order valence-corrected chi connectivity index (χ2v) is 8.74. The predicted molar refractivity (Wildman–Crippen MR) is 120 cm³/mol. The van der Waals surface area contributed by atoms with Crippen LogP contribution in [0.15, 0.2) is 18.2 Å². The van der Waals surface area contributed by atoms with Gasteiger partial charge in [-0.05, 0) is 49.5 Å². The van der Waals surface area contributed by atoms with Crippen LogP contribution in [0, 0.1) is 0 Å². The Morgan fingerprint density at radius 2 is 1.77 bits per heavy atom. The highest BCUT2D eigenvalue weighted by Crippen LogP contribution is 2.32. The molecule has 31 heavy (non-hydrogen) atoms. The molecular weight excluding hydrogens is 394 g/mol. The molecule has 0 unspecified atom stereocenters. The van der Waals surface area contributed by atoms with Gasteiger partial charge in [0.25, 0.3) is 0 Å². The number of morpholine rings is 1. The Balaban J connectivity index is 1.31. The van der Waals surface area contributed by atoms with E-state index in [9.17, 15) is 9.59 Å². The lowest BCUT2D eigenvalue weighted by atomic mass is 10.0. The van der Waals surface area contributed by atoms with Crippen molar-refractivity contribution in [2.45, 2.75) is 25.3 Å². The summed E-state index contributed by atoms with van der Waals surface area (Å²) in [5, 5.41) is 5.64. The van der Waals surface area contributed by atoms with Crippen molar-refractivity contribution >= 4 is 17.5 Å². The van der Waals surface area contributed by atoms with Crippen LogP contribution in [0.1, 0.15) is 30.0 Å². The molecule has 2 saturated heterocycles. The zero-order valence-electron chi connectivity index (χ0n) is 18.6. The molecule has 0 radical (unpaired) electrons. The minimum absolute atomic E-state index is 0.101. The van der Waals surface area contributed by atoms with Crippen molar-refractivity contribution in [2.75, 3.05) is 77.5 Å². The number of hydrogen-bond donors (Lipinski definition) is 2. The average molecular weight is 430 g/mol. The SMILES string of the molecule is CN1CCc2cc([C@H](CNC(=O)C(=O)NCCN3CCOCC3)N3CCCC3)ccc21. The molecule has 1 aromatic rings. The molecule has 0 saturated carbocycles. The number of carbonyl (C=O) groups is 2. The van der Waals surface area contributed by atoms with Crippen LogP contribution in [-0.2, 0) is 20.7 Å². The van der Waals surface area contributed by atoms with E-state index in [0.29, 0.717) is 13.1 Å². The summed E-state index contributed by atoms with van der Waals surface area (Å²) in [5.74, 6) is -1.10. The fourth-order valence-electron chi connectivity index (χ4n) is 4.81. The number of likely N-dealkylation sites (N-methyl/N-ethyl adjacent to an activating group) is 1. The van der Waals surface area contributed by atoms with Crippen LogP contribution >= 0.6 is 0 Å². The van der Waals surface area contributed by atoms with Gasteiger partial charge in [0, 0.05) is 52.0 Å². The smallest absolute Gasteiger partial charge is 0.309 e. The van der Waals surface area contributed by atoms with Gasteiger partial charge in [-0.3, -0.25) is 19.4 Å². The Hall–Kier alpha value is -2.16. The van der Waals surface area contributed by atoms with E-state index in [1.54, 1.807) is 0 Å². The van der Waals surface area contributed by atoms with E-state index in [-0.39, 0.29) is 6.04 Å². The summed E-state index contributed by atoms with van der Waals surface area (Å²) in [4.78, 5) is 31.6. The number of hydrogen-bond acceptors (Lipinski definition) is 6. The maximum absolute atomic E-state index is 12.4. The van der Waals surface area contributed by atoms with Crippen molar-refractivity contribution in [3.8, 4) is 0 Å². The first kappa shape index (κ1) is 22.0. The van der Waals surface area contributed by atoms with Crippen molar-refractivity contribution in [1.29, 1.82) is 0 Å². The number of amides is 2. The van der Waals surface area contributed by atoms with Gasteiger partial charge in [0.1, 0.15) is 0 Å². The Bertz CT molecular complexity index is 774. The third-order valence-electron chi connectivity index (χ3n) is 6.68. The molecular formula is C23H35N5O3. The van der Waals surface area contributed by atoms with Crippen LogP contribution < -0.4 is 15.5 Å². The van der Waals surface area contributed by atoms with E-state index in [4.69, 9.17) is 4.74 Å². The minimum Gasteiger partial charge on any atom is -0.379 e. The molecule has 0 aliphatic carbocycles. The standard InChI is InChI=1S/C23H35N5O3/c1-26-10-6-19-16-18(4-5-20(19)26)21(28-8-2-3-9-28)17-25-23(30)22(29)24-7-11-27-12-14-31-15-13-27/h4-5,16,21H,2-3,6-15,17H2,1H3,(H,24,29)(H,25,30)/t21-/m0/s1. The highest BCUT2D eigenvalue weighted by molar-refractivity contribution is 6.35. The third kappa shape index (κ3) is 5.56. The molecule has 1 atom stereocenters. The third-order valence-corrected chi connectivity index (χ3v) is 6.68. The van der Waals surface area contributed by atoms with Crippen molar-refractivity contribution in [3.63, 3.8) is 0 Å². The molecule has 3 aliphatic heterocycles. The minimum atomic E-state index is -0.552. The van der Waals surface area contributed by atoms with Crippen molar-refractivity contribution in [1.82, 2.24) is 20.4 Å². The van der Waals surface area contributed by atoms with Crippen LogP contribution in [0.2, 0.25) is 0 Å². The Labute approximate surface area is 184 Å². The topological polar surface area (TPSA) is 77.2 Å². The second kappa shape index (κ2) is 10.4. The summed E-state index contributed by atoms with van der Waals surface area (Å²) < 4.78 is 5.33. The van der Waals surface area contributed by atoms with E-state index in [0.717, 1.165) is 58.9 Å². The molecule has 0 spiro atoms. The Kier molecular flexibility index (Phi) is 7.42. The van der Waals surface area contributed by atoms with Gasteiger partial charge in [0.05, 0.1) is 19.3 Å². The van der Waals surface area contributed by atoms with Gasteiger partial charge in [-0.15, -0.1) is 0 Å². The number of anilines is 1. The van der Waals surface area contributed by atoms with Crippen LogP contribution in [0.3, 0.4) is 0 Å². The second-order valence-electron chi connectivity index (χ2n) is 8.74. The summed E-state index contributed by atoms with van der Waals surface area (Å²) in [6.07, 6.45) is 3.42. The highest BCUT2D eigenvalue weighted by Gasteiger charge is 2.27. The fraction of sp³-hybridized carbons (Fsp3) is 0.652. The molecule has 3 heterocycles. The maximum Gasteiger partial charge on any atom is 0.309 e. The number of nitrogens with one attached hydrogen (secondary N) is 2. The normalized spacial score (nSPS) is 20.5. The van der Waals surface area contributed by atoms with Crippen LogP contribution in [0.4, 0.5) is 5.69 Å². The van der Waals surface area contributed by atoms with Gasteiger partial charge < -0.3 is 20.3 Å². The van der Waals surface area contributed by atoms with Crippen molar-refractivity contribution in [2.24, 2.45) is 0 Å². The molecule has 2 fully saturated rings. The molecule has 2 amide bonds. The lowest BCUT2D eigenvalue weighted by Gasteiger charge is -2.29. The van der Waals surface area contributed by atoms with Gasteiger partial charge in [-0.25, -0.2) is 0 Å². The van der Waals surface area contributed by atoms with Crippen molar-refractivity contribution < 1.29 is 14.3 Å². The van der Waals surface area contributed by atoms with E-state index < -0.39 is 11.8 Å². The molecule has 1 aromatic carbocycles. The lowest BCUT2D eigenvalue weighted by Crippen LogP contribution is -2.46. The van der Waals surface area contributed by atoms with Crippen LogP contribution in [0.5, 0.6) is 0 Å². The van der Waals surface area contributed by atoms with E-state index in [1.807, 2.05) is 0 Å². The first-order chi connectivity index (χ1) is 15.1. The molecule has 0 bridgehead atoms. The van der Waals surface area contributed by atoms with Crippen LogP contribution in [-0.4, -0.2) is 94.2 Å². The molecule has 8 nitrogen and oxygen atoms in total. The molecule has 0 aromatic heterocycles. The number of ether oxygens (including phenoxy) is 1. The molecule has 2 N–H and O–H groups in total. The monoisotopic (exact) mass is 429 g/mol. The highest BCUT2D eigenvalue weighted by atomic mass is 16.5. The van der Waals surface area contributed by atoms with Gasteiger partial charge in [-0.1, -0.05) is 12.1 Å². The lowest BCUT2D eigenvalue weighted by molar-refractivity contribution is -0.139. The number of rotatable bonds is 7. The van der Waals surface area contributed by atoms with Gasteiger partial charge >= 0.3 is 11.8 Å². The Morgan fingerprint density at radius 3 is 2.55 bits per heavy atom.